The molecule has 7 heteroatoms. The molecule has 3 aromatic rings. The Bertz CT molecular complexity index is 960. The van der Waals surface area contributed by atoms with Crippen LogP contribution in [0.4, 0.5) is 5.00 Å². The number of methoxy groups -OCH3 is 1. The molecule has 2 aromatic heterocycles. The van der Waals surface area contributed by atoms with Crippen LogP contribution in [-0.4, -0.2) is 19.0 Å². The van der Waals surface area contributed by atoms with E-state index in [1.165, 1.54) is 29.8 Å². The van der Waals surface area contributed by atoms with Crippen LogP contribution in [0.1, 0.15) is 36.0 Å². The Morgan fingerprint density at radius 1 is 1.15 bits per heavy atom. The lowest BCUT2D eigenvalue weighted by molar-refractivity contribution is 0.0601. The summed E-state index contributed by atoms with van der Waals surface area (Å²) in [4.78, 5) is 26.2. The molecule has 5 nitrogen and oxygen atoms in total. The molecule has 3 rings (SSSR count). The van der Waals surface area contributed by atoms with E-state index in [9.17, 15) is 9.59 Å². The van der Waals surface area contributed by atoms with Crippen LogP contribution >= 0.6 is 22.7 Å². The van der Waals surface area contributed by atoms with Gasteiger partial charge in [-0.1, -0.05) is 18.2 Å². The summed E-state index contributed by atoms with van der Waals surface area (Å²) >= 11 is 2.71. The molecule has 0 unspecified atom stereocenters. The molecule has 27 heavy (non-hydrogen) atoms. The smallest absolute Gasteiger partial charge is 0.341 e. The van der Waals surface area contributed by atoms with Crippen LogP contribution in [-0.2, 0) is 11.3 Å². The second-order valence-corrected chi connectivity index (χ2v) is 7.99. The first kappa shape index (κ1) is 19.1. The highest BCUT2D eigenvalue weighted by atomic mass is 32.1. The van der Waals surface area contributed by atoms with E-state index in [0.29, 0.717) is 22.0 Å². The Morgan fingerprint density at radius 2 is 1.89 bits per heavy atom. The van der Waals surface area contributed by atoms with Crippen molar-refractivity contribution < 1.29 is 19.1 Å². The van der Waals surface area contributed by atoms with Crippen LogP contribution in [0.3, 0.4) is 0 Å². The van der Waals surface area contributed by atoms with Crippen LogP contribution in [0, 0.1) is 13.8 Å². The van der Waals surface area contributed by atoms with Crippen molar-refractivity contribution >= 4 is 39.6 Å². The number of amides is 1. The van der Waals surface area contributed by atoms with Crippen molar-refractivity contribution in [3.63, 3.8) is 0 Å². The molecule has 0 aliphatic rings. The third-order valence-corrected chi connectivity index (χ3v) is 6.13. The fourth-order valence-corrected chi connectivity index (χ4v) is 4.32. The highest BCUT2D eigenvalue weighted by molar-refractivity contribution is 7.17. The highest BCUT2D eigenvalue weighted by Crippen LogP contribution is 2.33. The summed E-state index contributed by atoms with van der Waals surface area (Å²) in [5, 5.41) is 5.24. The van der Waals surface area contributed by atoms with E-state index >= 15 is 0 Å². The van der Waals surface area contributed by atoms with Crippen molar-refractivity contribution in [2.24, 2.45) is 0 Å². The van der Waals surface area contributed by atoms with Crippen LogP contribution < -0.4 is 10.1 Å². The second-order valence-electron chi connectivity index (χ2n) is 5.85. The predicted molar refractivity (Wildman–Crippen MR) is 108 cm³/mol. The van der Waals surface area contributed by atoms with E-state index in [1.807, 2.05) is 49.6 Å². The highest BCUT2D eigenvalue weighted by Gasteiger charge is 2.22. The number of hydrogen-bond donors (Lipinski definition) is 1. The number of carbonyl (C=O) groups excluding carboxylic acids is 2. The molecule has 0 aliphatic heterocycles. The third kappa shape index (κ3) is 4.37. The van der Waals surface area contributed by atoms with E-state index < -0.39 is 5.97 Å². The van der Waals surface area contributed by atoms with E-state index in [-0.39, 0.29) is 5.91 Å². The number of rotatable bonds is 6. The van der Waals surface area contributed by atoms with E-state index in [2.05, 4.69) is 5.32 Å². The third-order valence-electron chi connectivity index (χ3n) is 4.03. The molecule has 0 bridgehead atoms. The van der Waals surface area contributed by atoms with E-state index in [1.54, 1.807) is 6.07 Å². The summed E-state index contributed by atoms with van der Waals surface area (Å²) in [6.07, 6.45) is 0. The number of para-hydroxylation sites is 1. The number of aryl methyl sites for hydroxylation is 1. The van der Waals surface area contributed by atoms with Crippen molar-refractivity contribution in [1.82, 2.24) is 0 Å². The quantitative estimate of drug-likeness (QED) is 0.588. The molecule has 0 spiro atoms. The molecule has 0 atom stereocenters. The minimum absolute atomic E-state index is 0.252. The topological polar surface area (TPSA) is 64.6 Å². The summed E-state index contributed by atoms with van der Waals surface area (Å²) in [5.74, 6) is 0.0783. The zero-order valence-corrected chi connectivity index (χ0v) is 16.8. The van der Waals surface area contributed by atoms with Crippen molar-refractivity contribution in [3.05, 3.63) is 68.2 Å². The zero-order chi connectivity index (χ0) is 19.4. The van der Waals surface area contributed by atoms with Crippen LogP contribution in [0.5, 0.6) is 5.75 Å². The molecular formula is C20H19NO4S2. The van der Waals surface area contributed by atoms with Crippen LogP contribution in [0.25, 0.3) is 0 Å². The molecule has 1 N–H and O–H groups in total. The molecule has 1 amide bonds. The van der Waals surface area contributed by atoms with E-state index in [4.69, 9.17) is 9.47 Å². The van der Waals surface area contributed by atoms with Gasteiger partial charge in [0.25, 0.3) is 5.91 Å². The molecule has 2 heterocycles. The Kier molecular flexibility index (Phi) is 5.93. The lowest BCUT2D eigenvalue weighted by Gasteiger charge is -2.05. The Labute approximate surface area is 165 Å². The summed E-state index contributed by atoms with van der Waals surface area (Å²) in [6, 6.07) is 11.3. The molecule has 0 radical (unpaired) electrons. The molecule has 140 valence electrons. The molecular weight excluding hydrogens is 382 g/mol. The van der Waals surface area contributed by atoms with Crippen LogP contribution in [0.15, 0.2) is 41.8 Å². The largest absolute Gasteiger partial charge is 0.489 e. The van der Waals surface area contributed by atoms with Gasteiger partial charge in [0.1, 0.15) is 17.4 Å². The maximum atomic E-state index is 12.6. The van der Waals surface area contributed by atoms with Gasteiger partial charge < -0.3 is 14.8 Å². The standard InChI is InChI=1S/C20H19NO4S2/c1-12-13(2)27-19(17(12)20(23)24-3)21-18(22)16-9-14(11-26-16)10-25-15-7-5-4-6-8-15/h4-9,11H,10H2,1-3H3,(H,21,22). The maximum Gasteiger partial charge on any atom is 0.341 e. The predicted octanol–water partition coefficient (Wildman–Crippen LogP) is 5.04. The normalized spacial score (nSPS) is 10.5. The van der Waals surface area contributed by atoms with Gasteiger partial charge in [0.15, 0.2) is 0 Å². The molecule has 1 aromatic carbocycles. The lowest BCUT2D eigenvalue weighted by atomic mass is 10.1. The minimum Gasteiger partial charge on any atom is -0.489 e. The van der Waals surface area contributed by atoms with Crippen molar-refractivity contribution in [3.8, 4) is 5.75 Å². The van der Waals surface area contributed by atoms with Gasteiger partial charge >= 0.3 is 5.97 Å². The Balaban J connectivity index is 1.70. The summed E-state index contributed by atoms with van der Waals surface area (Å²) in [5.41, 5.74) is 2.16. The fraction of sp³-hybridized carbons (Fsp3) is 0.200. The Morgan fingerprint density at radius 3 is 2.59 bits per heavy atom. The monoisotopic (exact) mass is 401 g/mol. The number of carbonyl (C=O) groups is 2. The van der Waals surface area contributed by atoms with Crippen molar-refractivity contribution in [2.45, 2.75) is 20.5 Å². The lowest BCUT2D eigenvalue weighted by Crippen LogP contribution is -2.13. The molecule has 0 aliphatic carbocycles. The maximum absolute atomic E-state index is 12.6. The Hall–Kier alpha value is -2.64. The second kappa shape index (κ2) is 8.37. The van der Waals surface area contributed by atoms with Gasteiger partial charge in [-0.2, -0.15) is 0 Å². The molecule has 0 saturated carbocycles. The van der Waals surface area contributed by atoms with Gasteiger partial charge in [0.2, 0.25) is 0 Å². The van der Waals surface area contributed by atoms with Crippen molar-refractivity contribution in [1.29, 1.82) is 0 Å². The summed E-state index contributed by atoms with van der Waals surface area (Å²) in [6.45, 7) is 4.14. The number of anilines is 1. The van der Waals surface area contributed by atoms with Gasteiger partial charge in [-0.05, 0) is 43.0 Å². The summed E-state index contributed by atoms with van der Waals surface area (Å²) in [7, 11) is 1.33. The number of ether oxygens (including phenoxy) is 2. The average Bonchev–Trinajstić information content (AvgIpc) is 3.25. The first-order chi connectivity index (χ1) is 13.0. The minimum atomic E-state index is -0.449. The number of thiophene rings is 2. The van der Waals surface area contributed by atoms with Gasteiger partial charge in [0, 0.05) is 10.4 Å². The number of benzene rings is 1. The van der Waals surface area contributed by atoms with Crippen molar-refractivity contribution in [2.75, 3.05) is 12.4 Å². The SMILES string of the molecule is COC(=O)c1c(NC(=O)c2cc(COc3ccccc3)cs2)sc(C)c1C. The van der Waals surface area contributed by atoms with Crippen LogP contribution in [0.2, 0.25) is 0 Å². The first-order valence-electron chi connectivity index (χ1n) is 8.24. The van der Waals surface area contributed by atoms with Gasteiger partial charge in [-0.25, -0.2) is 4.79 Å². The number of hydrogen-bond acceptors (Lipinski definition) is 6. The first-order valence-corrected chi connectivity index (χ1v) is 9.94. The van der Waals surface area contributed by atoms with Gasteiger partial charge in [-0.15, -0.1) is 22.7 Å². The average molecular weight is 402 g/mol. The zero-order valence-electron chi connectivity index (χ0n) is 15.2. The van der Waals surface area contributed by atoms with Gasteiger partial charge in [-0.3, -0.25) is 4.79 Å². The van der Waals surface area contributed by atoms with Gasteiger partial charge in [0.05, 0.1) is 17.6 Å². The molecule has 0 saturated heterocycles. The fourth-order valence-electron chi connectivity index (χ4n) is 2.48. The number of nitrogens with one attached hydrogen (secondary N) is 1. The number of esters is 1. The molecule has 0 fully saturated rings. The van der Waals surface area contributed by atoms with E-state index in [0.717, 1.165) is 21.8 Å². The summed E-state index contributed by atoms with van der Waals surface area (Å²) < 4.78 is 10.5.